The Morgan fingerprint density at radius 2 is 2.47 bits per heavy atom. The number of ether oxygens (including phenoxy) is 1. The van der Waals surface area contributed by atoms with Crippen LogP contribution in [0.25, 0.3) is 0 Å². The largest absolute Gasteiger partial charge is 0.496 e. The Labute approximate surface area is 96.0 Å². The molecule has 1 atom stereocenters. The normalized spacial score (nSPS) is 12.4. The van der Waals surface area contributed by atoms with Gasteiger partial charge in [-0.05, 0) is 25.5 Å². The van der Waals surface area contributed by atoms with Crippen LogP contribution in [0.2, 0.25) is 0 Å². The highest BCUT2D eigenvalue weighted by Gasteiger charge is 2.11. The molecule has 1 aromatic rings. The van der Waals surface area contributed by atoms with Gasteiger partial charge in [0, 0.05) is 16.3 Å². The van der Waals surface area contributed by atoms with Crippen LogP contribution < -0.4 is 10.1 Å². The lowest BCUT2D eigenvalue weighted by Gasteiger charge is -2.14. The summed E-state index contributed by atoms with van der Waals surface area (Å²) in [5.41, 5.74) is 0. The second-order valence-electron chi connectivity index (χ2n) is 3.42. The molecule has 3 heteroatoms. The van der Waals surface area contributed by atoms with Gasteiger partial charge in [-0.1, -0.05) is 13.0 Å². The first-order valence-electron chi connectivity index (χ1n) is 5.28. The van der Waals surface area contributed by atoms with Crippen LogP contribution in [-0.2, 0) is 0 Å². The van der Waals surface area contributed by atoms with Crippen LogP contribution >= 0.6 is 11.3 Å². The molecule has 1 rings (SSSR count). The van der Waals surface area contributed by atoms with Crippen molar-refractivity contribution in [3.05, 3.63) is 29.0 Å². The number of hydrogen-bond donors (Lipinski definition) is 1. The van der Waals surface area contributed by atoms with Crippen LogP contribution in [0.15, 0.2) is 24.1 Å². The summed E-state index contributed by atoms with van der Waals surface area (Å²) in [5.74, 6) is 0.947. The van der Waals surface area contributed by atoms with Gasteiger partial charge in [0.05, 0.1) is 7.11 Å². The Kier molecular flexibility index (Phi) is 5.43. The molecule has 0 aliphatic carbocycles. The Hall–Kier alpha value is -0.800. The highest BCUT2D eigenvalue weighted by molar-refractivity contribution is 7.10. The molecule has 2 nitrogen and oxygen atoms in total. The molecule has 0 amide bonds. The third kappa shape index (κ3) is 3.68. The van der Waals surface area contributed by atoms with E-state index in [0.29, 0.717) is 6.04 Å². The maximum atomic E-state index is 5.18. The average molecular weight is 225 g/mol. The minimum atomic E-state index is 0.386. The fourth-order valence-corrected chi connectivity index (χ4v) is 2.35. The first-order valence-corrected chi connectivity index (χ1v) is 6.16. The van der Waals surface area contributed by atoms with E-state index in [-0.39, 0.29) is 0 Å². The number of thiophene rings is 1. The van der Waals surface area contributed by atoms with E-state index in [1.807, 2.05) is 11.5 Å². The van der Waals surface area contributed by atoms with Gasteiger partial charge in [-0.2, -0.15) is 0 Å². The molecular weight excluding hydrogens is 206 g/mol. The van der Waals surface area contributed by atoms with Crippen molar-refractivity contribution in [3.63, 3.8) is 0 Å². The molecule has 0 saturated carbocycles. The molecule has 0 saturated heterocycles. The van der Waals surface area contributed by atoms with Gasteiger partial charge in [0.1, 0.15) is 5.75 Å². The van der Waals surface area contributed by atoms with Crippen molar-refractivity contribution in [1.82, 2.24) is 5.32 Å². The molecule has 0 fully saturated rings. The van der Waals surface area contributed by atoms with E-state index < -0.39 is 0 Å². The third-order valence-electron chi connectivity index (χ3n) is 2.22. The molecule has 0 aliphatic rings. The molecule has 1 N–H and O–H groups in total. The van der Waals surface area contributed by atoms with Crippen LogP contribution in [0.3, 0.4) is 0 Å². The van der Waals surface area contributed by atoms with Crippen molar-refractivity contribution in [1.29, 1.82) is 0 Å². The number of methoxy groups -OCH3 is 1. The van der Waals surface area contributed by atoms with Gasteiger partial charge in [0.25, 0.3) is 0 Å². The Morgan fingerprint density at radius 1 is 1.67 bits per heavy atom. The van der Waals surface area contributed by atoms with E-state index in [2.05, 4.69) is 24.9 Å². The molecule has 0 aliphatic heterocycles. The molecule has 1 aromatic heterocycles. The minimum absolute atomic E-state index is 0.386. The number of rotatable bonds is 7. The lowest BCUT2D eigenvalue weighted by Crippen LogP contribution is -2.20. The number of hydrogen-bond acceptors (Lipinski definition) is 3. The summed E-state index contributed by atoms with van der Waals surface area (Å²) in [7, 11) is 1.70. The van der Waals surface area contributed by atoms with Crippen LogP contribution in [0.1, 0.15) is 30.7 Å². The quantitative estimate of drug-likeness (QED) is 0.718. The topological polar surface area (TPSA) is 21.3 Å². The van der Waals surface area contributed by atoms with Crippen molar-refractivity contribution in [2.45, 2.75) is 25.8 Å². The van der Waals surface area contributed by atoms with Crippen LogP contribution in [0.4, 0.5) is 0 Å². The highest BCUT2D eigenvalue weighted by Crippen LogP contribution is 2.28. The number of nitrogens with one attached hydrogen (secondary N) is 1. The lowest BCUT2D eigenvalue weighted by atomic mass is 10.1. The lowest BCUT2D eigenvalue weighted by molar-refractivity contribution is 0.415. The van der Waals surface area contributed by atoms with Gasteiger partial charge in [-0.25, -0.2) is 0 Å². The molecule has 1 heterocycles. The fourth-order valence-electron chi connectivity index (χ4n) is 1.41. The molecule has 0 bridgehead atoms. The molecule has 0 spiro atoms. The van der Waals surface area contributed by atoms with Crippen molar-refractivity contribution in [2.75, 3.05) is 13.7 Å². The summed E-state index contributed by atoms with van der Waals surface area (Å²) in [4.78, 5) is 1.32. The Morgan fingerprint density at radius 3 is 3.00 bits per heavy atom. The smallest absolute Gasteiger partial charge is 0.129 e. The summed E-state index contributed by atoms with van der Waals surface area (Å²) in [6, 6.07) is 2.48. The van der Waals surface area contributed by atoms with Crippen LogP contribution in [0, 0.1) is 0 Å². The van der Waals surface area contributed by atoms with Gasteiger partial charge in [0.2, 0.25) is 0 Å². The minimum Gasteiger partial charge on any atom is -0.496 e. The van der Waals surface area contributed by atoms with Crippen LogP contribution in [-0.4, -0.2) is 13.7 Å². The molecule has 1 unspecified atom stereocenters. The summed E-state index contributed by atoms with van der Waals surface area (Å²) >= 11 is 1.74. The van der Waals surface area contributed by atoms with Gasteiger partial charge in [-0.15, -0.1) is 17.9 Å². The van der Waals surface area contributed by atoms with Crippen molar-refractivity contribution >= 4 is 11.3 Å². The molecule has 0 aromatic carbocycles. The maximum Gasteiger partial charge on any atom is 0.129 e. The summed E-state index contributed by atoms with van der Waals surface area (Å²) in [6.07, 6.45) is 4.07. The first kappa shape index (κ1) is 12.3. The summed E-state index contributed by atoms with van der Waals surface area (Å²) < 4.78 is 5.18. The second-order valence-corrected chi connectivity index (χ2v) is 4.36. The van der Waals surface area contributed by atoms with E-state index >= 15 is 0 Å². The second kappa shape index (κ2) is 6.64. The molecular formula is C12H19NOS. The van der Waals surface area contributed by atoms with Gasteiger partial charge >= 0.3 is 0 Å². The maximum absolute atomic E-state index is 5.18. The fraction of sp³-hybridized carbons (Fsp3) is 0.500. The molecule has 15 heavy (non-hydrogen) atoms. The van der Waals surface area contributed by atoms with E-state index in [0.717, 1.165) is 25.1 Å². The predicted octanol–water partition coefficient (Wildman–Crippen LogP) is 3.37. The Balaban J connectivity index is 2.64. The van der Waals surface area contributed by atoms with Gasteiger partial charge in [0.15, 0.2) is 0 Å². The van der Waals surface area contributed by atoms with Crippen molar-refractivity contribution < 1.29 is 4.74 Å². The van der Waals surface area contributed by atoms with E-state index in [1.54, 1.807) is 18.4 Å². The predicted molar refractivity (Wildman–Crippen MR) is 66.7 cm³/mol. The average Bonchev–Trinajstić information content (AvgIpc) is 2.72. The standard InChI is InChI=1S/C12H19NOS/c1-4-6-11(13-7-5-2)12-8-10(14-3)9-15-12/h4,8-9,11,13H,1,5-7H2,2-3H3. The van der Waals surface area contributed by atoms with Crippen LogP contribution in [0.5, 0.6) is 5.75 Å². The third-order valence-corrected chi connectivity index (χ3v) is 3.24. The zero-order chi connectivity index (χ0) is 11.1. The van der Waals surface area contributed by atoms with E-state index in [9.17, 15) is 0 Å². The van der Waals surface area contributed by atoms with Crippen molar-refractivity contribution in [2.24, 2.45) is 0 Å². The first-order chi connectivity index (χ1) is 7.31. The molecule has 0 radical (unpaired) electrons. The monoisotopic (exact) mass is 225 g/mol. The van der Waals surface area contributed by atoms with Gasteiger partial charge in [-0.3, -0.25) is 0 Å². The summed E-state index contributed by atoms with van der Waals surface area (Å²) in [5, 5.41) is 5.55. The zero-order valence-electron chi connectivity index (χ0n) is 9.45. The van der Waals surface area contributed by atoms with E-state index in [4.69, 9.17) is 4.74 Å². The van der Waals surface area contributed by atoms with Crippen molar-refractivity contribution in [3.8, 4) is 5.75 Å². The summed E-state index contributed by atoms with van der Waals surface area (Å²) in [6.45, 7) is 7.01. The highest BCUT2D eigenvalue weighted by atomic mass is 32.1. The SMILES string of the molecule is C=CCC(NCCC)c1cc(OC)cs1. The van der Waals surface area contributed by atoms with E-state index in [1.165, 1.54) is 4.88 Å². The molecule has 84 valence electrons. The van der Waals surface area contributed by atoms with Gasteiger partial charge < -0.3 is 10.1 Å². The Bertz CT molecular complexity index is 296. The zero-order valence-corrected chi connectivity index (χ0v) is 10.3.